The SMILES string of the molecule is C1=C\C/C=C\CCCC/C=C/C=C/1. The maximum Gasteiger partial charge on any atom is -0.0166 e. The highest BCUT2D eigenvalue weighted by Crippen LogP contribution is 2.03. The molecule has 0 unspecified atom stereocenters. The van der Waals surface area contributed by atoms with Crippen LogP contribution in [0.3, 0.4) is 0 Å². The number of allylic oxidation sites excluding steroid dienone is 8. The van der Waals surface area contributed by atoms with E-state index < -0.39 is 0 Å². The lowest BCUT2D eigenvalue weighted by atomic mass is 10.2. The molecule has 0 saturated carbocycles. The first-order valence-corrected chi connectivity index (χ1v) is 5.13. The lowest BCUT2D eigenvalue weighted by molar-refractivity contribution is 0.761. The van der Waals surface area contributed by atoms with Gasteiger partial charge in [0.15, 0.2) is 0 Å². The Morgan fingerprint density at radius 3 is 2.08 bits per heavy atom. The molecule has 0 aromatic rings. The van der Waals surface area contributed by atoms with Crippen LogP contribution in [0.5, 0.6) is 0 Å². The molecule has 0 aromatic heterocycles. The second kappa shape index (κ2) is 7.60. The van der Waals surface area contributed by atoms with Gasteiger partial charge >= 0.3 is 0 Å². The zero-order valence-electron chi connectivity index (χ0n) is 8.15. The second-order valence-corrected chi connectivity index (χ2v) is 3.23. The quantitative estimate of drug-likeness (QED) is 0.483. The van der Waals surface area contributed by atoms with E-state index in [9.17, 15) is 0 Å². The fourth-order valence-electron chi connectivity index (χ4n) is 1.28. The van der Waals surface area contributed by atoms with Crippen LogP contribution in [0, 0.1) is 0 Å². The van der Waals surface area contributed by atoms with Crippen molar-refractivity contribution >= 4 is 0 Å². The van der Waals surface area contributed by atoms with E-state index in [-0.39, 0.29) is 0 Å². The lowest BCUT2D eigenvalue weighted by Gasteiger charge is -1.91. The van der Waals surface area contributed by atoms with Crippen molar-refractivity contribution in [2.45, 2.75) is 32.1 Å². The number of hydrogen-bond donors (Lipinski definition) is 0. The van der Waals surface area contributed by atoms with E-state index in [4.69, 9.17) is 0 Å². The zero-order chi connectivity index (χ0) is 9.19. The predicted molar refractivity (Wildman–Crippen MR) is 59.6 cm³/mol. The van der Waals surface area contributed by atoms with Gasteiger partial charge in [-0.1, -0.05) is 48.6 Å². The van der Waals surface area contributed by atoms with Crippen molar-refractivity contribution in [1.82, 2.24) is 0 Å². The molecule has 1 aliphatic carbocycles. The second-order valence-electron chi connectivity index (χ2n) is 3.23. The summed E-state index contributed by atoms with van der Waals surface area (Å²) in [6.45, 7) is 0. The maximum atomic E-state index is 2.29. The Labute approximate surface area is 81.4 Å². The summed E-state index contributed by atoms with van der Waals surface area (Å²) >= 11 is 0. The van der Waals surface area contributed by atoms with Gasteiger partial charge in [0.1, 0.15) is 0 Å². The van der Waals surface area contributed by atoms with Crippen LogP contribution in [0.4, 0.5) is 0 Å². The van der Waals surface area contributed by atoms with Gasteiger partial charge in [0.05, 0.1) is 0 Å². The van der Waals surface area contributed by atoms with Crippen molar-refractivity contribution < 1.29 is 0 Å². The van der Waals surface area contributed by atoms with Crippen LogP contribution >= 0.6 is 0 Å². The van der Waals surface area contributed by atoms with Crippen molar-refractivity contribution in [3.63, 3.8) is 0 Å². The van der Waals surface area contributed by atoms with Crippen LogP contribution in [0.1, 0.15) is 32.1 Å². The molecule has 13 heavy (non-hydrogen) atoms. The normalized spacial score (nSPS) is 28.9. The molecule has 0 saturated heterocycles. The summed E-state index contributed by atoms with van der Waals surface area (Å²) in [4.78, 5) is 0. The van der Waals surface area contributed by atoms with Crippen LogP contribution in [-0.4, -0.2) is 0 Å². The molecular weight excluding hydrogens is 156 g/mol. The van der Waals surface area contributed by atoms with Gasteiger partial charge in [-0.15, -0.1) is 0 Å². The fourth-order valence-corrected chi connectivity index (χ4v) is 1.28. The molecule has 0 N–H and O–H groups in total. The highest BCUT2D eigenvalue weighted by atomic mass is 13.9. The van der Waals surface area contributed by atoms with Gasteiger partial charge in [-0.2, -0.15) is 0 Å². The first-order chi connectivity index (χ1) is 6.50. The van der Waals surface area contributed by atoms with Crippen molar-refractivity contribution in [2.24, 2.45) is 0 Å². The molecule has 70 valence electrons. The van der Waals surface area contributed by atoms with Crippen LogP contribution in [0.25, 0.3) is 0 Å². The van der Waals surface area contributed by atoms with Gasteiger partial charge in [-0.3, -0.25) is 0 Å². The zero-order valence-corrected chi connectivity index (χ0v) is 8.15. The van der Waals surface area contributed by atoms with E-state index >= 15 is 0 Å². The molecule has 1 aliphatic rings. The van der Waals surface area contributed by atoms with Crippen molar-refractivity contribution in [1.29, 1.82) is 0 Å². The molecule has 0 bridgehead atoms. The number of rotatable bonds is 0. The van der Waals surface area contributed by atoms with E-state index in [0.29, 0.717) is 0 Å². The van der Waals surface area contributed by atoms with E-state index in [1.807, 2.05) is 0 Å². The molecule has 0 nitrogen and oxygen atoms in total. The minimum absolute atomic E-state index is 1.06. The molecule has 0 heterocycles. The Balaban J connectivity index is 2.38. The van der Waals surface area contributed by atoms with Gasteiger partial charge in [0, 0.05) is 0 Å². The van der Waals surface area contributed by atoms with Gasteiger partial charge in [0.2, 0.25) is 0 Å². The first-order valence-electron chi connectivity index (χ1n) is 5.13. The third-order valence-electron chi connectivity index (χ3n) is 2.04. The van der Waals surface area contributed by atoms with Gasteiger partial charge < -0.3 is 0 Å². The van der Waals surface area contributed by atoms with E-state index in [1.54, 1.807) is 0 Å². The average Bonchev–Trinajstić information content (AvgIpc) is 2.18. The molecule has 0 aromatic carbocycles. The summed E-state index contributed by atoms with van der Waals surface area (Å²) in [5.74, 6) is 0. The molecule has 0 heteroatoms. The van der Waals surface area contributed by atoms with Crippen LogP contribution in [0.15, 0.2) is 48.6 Å². The smallest absolute Gasteiger partial charge is 0.0166 e. The van der Waals surface area contributed by atoms with Gasteiger partial charge in [-0.25, -0.2) is 0 Å². The molecule has 0 amide bonds. The summed E-state index contributed by atoms with van der Waals surface area (Å²) in [5, 5.41) is 0. The van der Waals surface area contributed by atoms with Crippen molar-refractivity contribution in [3.05, 3.63) is 48.6 Å². The van der Waals surface area contributed by atoms with Crippen LogP contribution in [-0.2, 0) is 0 Å². The monoisotopic (exact) mass is 174 g/mol. The summed E-state index contributed by atoms with van der Waals surface area (Å²) in [6, 6.07) is 0. The molecule has 0 atom stereocenters. The Hall–Kier alpha value is -1.04. The molecule has 0 spiro atoms. The van der Waals surface area contributed by atoms with E-state index in [0.717, 1.165) is 6.42 Å². The number of hydrogen-bond acceptors (Lipinski definition) is 0. The first kappa shape index (κ1) is 10.0. The third kappa shape index (κ3) is 6.15. The van der Waals surface area contributed by atoms with E-state index in [2.05, 4.69) is 48.6 Å². The molecular formula is C13H18. The highest BCUT2D eigenvalue weighted by molar-refractivity contribution is 5.12. The molecule has 1 rings (SSSR count). The maximum absolute atomic E-state index is 2.29. The van der Waals surface area contributed by atoms with E-state index in [1.165, 1.54) is 25.7 Å². The Morgan fingerprint density at radius 1 is 0.538 bits per heavy atom. The van der Waals surface area contributed by atoms with Crippen molar-refractivity contribution in [2.75, 3.05) is 0 Å². The van der Waals surface area contributed by atoms with Crippen LogP contribution < -0.4 is 0 Å². The minimum atomic E-state index is 1.06. The van der Waals surface area contributed by atoms with Crippen molar-refractivity contribution in [3.8, 4) is 0 Å². The molecule has 0 fully saturated rings. The summed E-state index contributed by atoms with van der Waals surface area (Å²) in [7, 11) is 0. The third-order valence-corrected chi connectivity index (χ3v) is 2.04. The molecule has 0 aliphatic heterocycles. The molecule has 0 radical (unpaired) electrons. The van der Waals surface area contributed by atoms with Gasteiger partial charge in [-0.05, 0) is 32.1 Å². The Bertz CT molecular complexity index is 216. The lowest BCUT2D eigenvalue weighted by Crippen LogP contribution is -1.71. The predicted octanol–water partition coefficient (Wildman–Crippen LogP) is 4.18. The summed E-state index contributed by atoms with van der Waals surface area (Å²) in [6.07, 6.45) is 23.5. The standard InChI is InChI=1S/C13H18/c1-2-4-6-8-10-12-13-11-9-7-5-3-1/h1-6,9,11H,7-8,10,12-13H2/b2-1+,5-3-,6-4+,11-9-. The van der Waals surface area contributed by atoms with Gasteiger partial charge in [0.25, 0.3) is 0 Å². The highest BCUT2D eigenvalue weighted by Gasteiger charge is 1.83. The summed E-state index contributed by atoms with van der Waals surface area (Å²) in [5.41, 5.74) is 0. The Kier molecular flexibility index (Phi) is 5.87. The minimum Gasteiger partial charge on any atom is -0.0882 e. The fraction of sp³-hybridized carbons (Fsp3) is 0.385. The topological polar surface area (TPSA) is 0 Å². The Morgan fingerprint density at radius 2 is 1.23 bits per heavy atom. The van der Waals surface area contributed by atoms with Crippen LogP contribution in [0.2, 0.25) is 0 Å². The largest absolute Gasteiger partial charge is 0.0882 e. The summed E-state index contributed by atoms with van der Waals surface area (Å²) < 4.78 is 0. The average molecular weight is 174 g/mol.